The second-order valence-corrected chi connectivity index (χ2v) is 7.48. The van der Waals surface area contributed by atoms with Crippen molar-refractivity contribution in [1.82, 2.24) is 9.38 Å². The van der Waals surface area contributed by atoms with Crippen LogP contribution in [0.15, 0.2) is 59.7 Å². The molecule has 0 radical (unpaired) electrons. The number of hydrogen-bond donors (Lipinski definition) is 1. The zero-order valence-electron chi connectivity index (χ0n) is 16.7. The Morgan fingerprint density at radius 3 is 2.78 bits per heavy atom. The Labute approximate surface area is 192 Å². The number of aromatic hydroxyl groups is 1. The molecule has 0 aliphatic heterocycles. The van der Waals surface area contributed by atoms with Gasteiger partial charge in [-0.2, -0.15) is 0 Å². The zero-order valence-corrected chi connectivity index (χ0v) is 18.2. The fourth-order valence-corrected chi connectivity index (χ4v) is 3.66. The van der Waals surface area contributed by atoms with E-state index in [4.69, 9.17) is 27.9 Å². The Kier molecular flexibility index (Phi) is 5.98. The number of fused-ring (bicyclic) bond motifs is 1. The number of nitro groups is 1. The average Bonchev–Trinajstić information content (AvgIpc) is 3.13. The molecule has 0 bridgehead atoms. The molecule has 2 aromatic carbocycles. The Morgan fingerprint density at radius 1 is 1.22 bits per heavy atom. The van der Waals surface area contributed by atoms with E-state index in [1.54, 1.807) is 22.7 Å². The van der Waals surface area contributed by atoms with Gasteiger partial charge in [0.05, 0.1) is 16.6 Å². The molecule has 4 rings (SSSR count). The first-order valence-corrected chi connectivity index (χ1v) is 10.3. The highest BCUT2D eigenvalue weighted by molar-refractivity contribution is 6.37. The van der Waals surface area contributed by atoms with E-state index >= 15 is 0 Å². The SMILES string of the molecule is CCOc1cc(-c2nc3ccccn3c2/N=C/c2cc([N+](=O)[O-])c(Cl)cc2Cl)ccc1O. The van der Waals surface area contributed by atoms with Gasteiger partial charge in [-0.25, -0.2) is 9.98 Å². The molecule has 162 valence electrons. The monoisotopic (exact) mass is 470 g/mol. The molecule has 0 atom stereocenters. The van der Waals surface area contributed by atoms with Crippen molar-refractivity contribution in [3.63, 3.8) is 0 Å². The summed E-state index contributed by atoms with van der Waals surface area (Å²) in [6.07, 6.45) is 3.23. The van der Waals surface area contributed by atoms with Gasteiger partial charge >= 0.3 is 0 Å². The smallest absolute Gasteiger partial charge is 0.288 e. The van der Waals surface area contributed by atoms with Crippen molar-refractivity contribution in [2.45, 2.75) is 6.92 Å². The fourth-order valence-electron chi connectivity index (χ4n) is 3.16. The molecular weight excluding hydrogens is 455 g/mol. The van der Waals surface area contributed by atoms with Crippen LogP contribution in [0.3, 0.4) is 0 Å². The highest BCUT2D eigenvalue weighted by Gasteiger charge is 2.17. The van der Waals surface area contributed by atoms with E-state index < -0.39 is 4.92 Å². The fraction of sp³-hybridized carbons (Fsp3) is 0.0909. The number of pyridine rings is 1. The Bertz CT molecular complexity index is 1370. The van der Waals surface area contributed by atoms with Gasteiger partial charge in [0.25, 0.3) is 5.69 Å². The Balaban J connectivity index is 1.86. The number of halogens is 2. The van der Waals surface area contributed by atoms with Crippen LogP contribution in [-0.4, -0.2) is 32.2 Å². The maximum Gasteiger partial charge on any atom is 0.288 e. The second-order valence-electron chi connectivity index (χ2n) is 6.67. The van der Waals surface area contributed by atoms with Gasteiger partial charge in [-0.1, -0.05) is 29.3 Å². The summed E-state index contributed by atoms with van der Waals surface area (Å²) in [4.78, 5) is 19.9. The number of aromatic nitrogens is 2. The van der Waals surface area contributed by atoms with Crippen molar-refractivity contribution in [2.75, 3.05) is 6.61 Å². The molecule has 0 amide bonds. The number of aliphatic imine (C=N–C) groups is 1. The van der Waals surface area contributed by atoms with Crippen molar-refractivity contribution in [3.05, 3.63) is 80.5 Å². The summed E-state index contributed by atoms with van der Waals surface area (Å²) in [5.74, 6) is 0.820. The molecule has 10 heteroatoms. The molecule has 4 aromatic rings. The highest BCUT2D eigenvalue weighted by atomic mass is 35.5. The zero-order chi connectivity index (χ0) is 22.8. The molecule has 0 spiro atoms. The lowest BCUT2D eigenvalue weighted by atomic mass is 10.1. The molecular formula is C22H16Cl2N4O4. The Morgan fingerprint density at radius 2 is 2.03 bits per heavy atom. The molecule has 2 aromatic heterocycles. The van der Waals surface area contributed by atoms with Crippen LogP contribution < -0.4 is 4.74 Å². The maximum atomic E-state index is 11.2. The van der Waals surface area contributed by atoms with Gasteiger partial charge in [-0.05, 0) is 43.3 Å². The summed E-state index contributed by atoms with van der Waals surface area (Å²) >= 11 is 12.1. The summed E-state index contributed by atoms with van der Waals surface area (Å²) in [6, 6.07) is 13.0. The van der Waals surface area contributed by atoms with E-state index in [0.717, 1.165) is 0 Å². The van der Waals surface area contributed by atoms with Gasteiger partial charge < -0.3 is 9.84 Å². The van der Waals surface area contributed by atoms with Crippen LogP contribution in [0.4, 0.5) is 11.5 Å². The Hall–Kier alpha value is -3.62. The molecule has 2 heterocycles. The van der Waals surface area contributed by atoms with Crippen molar-refractivity contribution in [2.24, 2.45) is 4.99 Å². The lowest BCUT2D eigenvalue weighted by Crippen LogP contribution is -1.93. The number of hydrogen-bond acceptors (Lipinski definition) is 6. The number of ether oxygens (including phenoxy) is 1. The van der Waals surface area contributed by atoms with Crippen LogP contribution in [0.5, 0.6) is 11.5 Å². The van der Waals surface area contributed by atoms with Gasteiger partial charge in [-0.15, -0.1) is 0 Å². The third-order valence-corrected chi connectivity index (χ3v) is 5.26. The summed E-state index contributed by atoms with van der Waals surface area (Å²) in [5.41, 5.74) is 1.92. The van der Waals surface area contributed by atoms with Crippen LogP contribution in [0, 0.1) is 10.1 Å². The number of imidazole rings is 1. The minimum absolute atomic E-state index is 0.0182. The summed E-state index contributed by atoms with van der Waals surface area (Å²) in [6.45, 7) is 2.21. The third kappa shape index (κ3) is 4.10. The quantitative estimate of drug-likeness (QED) is 0.209. The lowest BCUT2D eigenvalue weighted by Gasteiger charge is -2.08. The van der Waals surface area contributed by atoms with Crippen molar-refractivity contribution >= 4 is 46.6 Å². The number of phenolic OH excluding ortho intramolecular Hbond substituents is 1. The normalized spacial score (nSPS) is 11.3. The lowest BCUT2D eigenvalue weighted by molar-refractivity contribution is -0.384. The van der Waals surface area contributed by atoms with Crippen LogP contribution in [0.1, 0.15) is 12.5 Å². The van der Waals surface area contributed by atoms with Gasteiger partial charge in [0, 0.05) is 29.6 Å². The summed E-state index contributed by atoms with van der Waals surface area (Å²) in [7, 11) is 0. The molecule has 0 unspecified atom stereocenters. The van der Waals surface area contributed by atoms with E-state index in [0.29, 0.717) is 40.6 Å². The average molecular weight is 471 g/mol. The molecule has 0 fully saturated rings. The minimum Gasteiger partial charge on any atom is -0.504 e. The van der Waals surface area contributed by atoms with Crippen LogP contribution in [0.25, 0.3) is 16.9 Å². The standard InChI is InChI=1S/C22H16Cl2N4O4/c1-2-32-19-10-13(6-7-18(19)29)21-22(27-8-4-3-5-20(27)26-21)25-12-14-9-17(28(30)31)16(24)11-15(14)23/h3-12,29H,2H2,1H3/b25-12+. The van der Waals surface area contributed by atoms with E-state index in [1.807, 2.05) is 25.1 Å². The van der Waals surface area contributed by atoms with Crippen molar-refractivity contribution < 1.29 is 14.8 Å². The molecule has 0 saturated heterocycles. The molecule has 8 nitrogen and oxygen atoms in total. The number of benzene rings is 2. The van der Waals surface area contributed by atoms with E-state index in [-0.39, 0.29) is 21.5 Å². The summed E-state index contributed by atoms with van der Waals surface area (Å²) < 4.78 is 7.26. The van der Waals surface area contributed by atoms with Crippen molar-refractivity contribution in [3.8, 4) is 22.8 Å². The first-order valence-electron chi connectivity index (χ1n) is 9.49. The third-order valence-electron chi connectivity index (χ3n) is 4.63. The molecule has 0 aliphatic rings. The van der Waals surface area contributed by atoms with E-state index in [1.165, 1.54) is 24.4 Å². The maximum absolute atomic E-state index is 11.2. The first kappa shape index (κ1) is 21.6. The van der Waals surface area contributed by atoms with Gasteiger partial charge in [0.1, 0.15) is 16.4 Å². The first-order chi connectivity index (χ1) is 15.4. The van der Waals surface area contributed by atoms with Gasteiger partial charge in [0.2, 0.25) is 0 Å². The summed E-state index contributed by atoms with van der Waals surface area (Å²) in [5, 5.41) is 21.4. The molecule has 32 heavy (non-hydrogen) atoms. The number of nitrogens with zero attached hydrogens (tertiary/aromatic N) is 4. The van der Waals surface area contributed by atoms with Crippen molar-refractivity contribution in [1.29, 1.82) is 0 Å². The predicted molar refractivity (Wildman–Crippen MR) is 124 cm³/mol. The van der Waals surface area contributed by atoms with Gasteiger partial charge in [-0.3, -0.25) is 14.5 Å². The molecule has 1 N–H and O–H groups in total. The predicted octanol–water partition coefficient (Wildman–Crippen LogP) is 6.07. The van der Waals surface area contributed by atoms with E-state index in [2.05, 4.69) is 9.98 Å². The van der Waals surface area contributed by atoms with Crippen LogP contribution in [-0.2, 0) is 0 Å². The van der Waals surface area contributed by atoms with Crippen LogP contribution in [0.2, 0.25) is 10.0 Å². The minimum atomic E-state index is -0.582. The molecule has 0 saturated carbocycles. The number of phenols is 1. The largest absolute Gasteiger partial charge is 0.504 e. The van der Waals surface area contributed by atoms with Gasteiger partial charge in [0.15, 0.2) is 17.3 Å². The second kappa shape index (κ2) is 8.86. The van der Waals surface area contributed by atoms with Crippen LogP contribution >= 0.6 is 23.2 Å². The highest BCUT2D eigenvalue weighted by Crippen LogP contribution is 2.37. The number of nitro benzene ring substituents is 1. The number of rotatable bonds is 6. The topological polar surface area (TPSA) is 102 Å². The molecule has 0 aliphatic carbocycles. The van der Waals surface area contributed by atoms with E-state index in [9.17, 15) is 15.2 Å².